The van der Waals surface area contributed by atoms with Crippen LogP contribution in [0.2, 0.25) is 0 Å². The van der Waals surface area contributed by atoms with Crippen molar-refractivity contribution in [1.29, 1.82) is 0 Å². The summed E-state index contributed by atoms with van der Waals surface area (Å²) < 4.78 is 32.8. The van der Waals surface area contributed by atoms with E-state index in [4.69, 9.17) is 23.6 Å². The molecule has 0 aromatic carbocycles. The minimum Gasteiger partial charge on any atom is -0.462 e. The zero-order valence-corrected chi connectivity index (χ0v) is 36.6. The summed E-state index contributed by atoms with van der Waals surface area (Å²) in [6, 6.07) is 0. The normalized spacial score (nSPS) is 13.8. The molecule has 0 saturated heterocycles. The van der Waals surface area contributed by atoms with E-state index in [1.807, 2.05) is 0 Å². The monoisotopic (exact) mass is 807 g/mol. The number of phosphoric acid groups is 1. The van der Waals surface area contributed by atoms with E-state index < -0.39 is 51.8 Å². The Kier molecular flexibility index (Phi) is 40.4. The lowest BCUT2D eigenvalue weighted by molar-refractivity contribution is -0.161. The molecule has 3 N–H and O–H groups in total. The van der Waals surface area contributed by atoms with Crippen LogP contribution in [0.25, 0.3) is 0 Å². The summed E-state index contributed by atoms with van der Waals surface area (Å²) in [5.74, 6) is -0.907. The maximum Gasteiger partial charge on any atom is 0.472 e. The molecular formula is C44H87O10P. The molecule has 0 radical (unpaired) electrons. The first-order valence-electron chi connectivity index (χ1n) is 23.0. The first-order chi connectivity index (χ1) is 26.7. The van der Waals surface area contributed by atoms with Gasteiger partial charge in [0.05, 0.1) is 19.8 Å². The van der Waals surface area contributed by atoms with Crippen LogP contribution in [0.4, 0.5) is 0 Å². The van der Waals surface area contributed by atoms with Crippen LogP contribution in [0.5, 0.6) is 0 Å². The molecule has 0 saturated carbocycles. The molecule has 0 aliphatic carbocycles. The molecule has 0 rings (SSSR count). The molecular weight excluding hydrogens is 719 g/mol. The molecule has 0 spiro atoms. The van der Waals surface area contributed by atoms with E-state index in [0.29, 0.717) is 12.8 Å². The lowest BCUT2D eigenvalue weighted by Crippen LogP contribution is -2.29. The number of phosphoric ester groups is 1. The second kappa shape index (κ2) is 41.1. The zero-order chi connectivity index (χ0) is 40.5. The molecule has 0 aliphatic heterocycles. The number of aliphatic hydroxyl groups is 2. The van der Waals surface area contributed by atoms with Gasteiger partial charge in [0.25, 0.3) is 0 Å². The van der Waals surface area contributed by atoms with Gasteiger partial charge in [-0.05, 0) is 12.8 Å². The van der Waals surface area contributed by atoms with Crippen molar-refractivity contribution in [2.24, 2.45) is 0 Å². The molecule has 3 unspecified atom stereocenters. The Morgan fingerprint density at radius 1 is 0.473 bits per heavy atom. The molecule has 0 aliphatic rings. The van der Waals surface area contributed by atoms with Gasteiger partial charge >= 0.3 is 19.8 Å². The van der Waals surface area contributed by atoms with E-state index in [0.717, 1.165) is 32.1 Å². The number of rotatable bonds is 44. The minimum absolute atomic E-state index is 0.193. The summed E-state index contributed by atoms with van der Waals surface area (Å²) in [5, 5.41) is 18.3. The van der Waals surface area contributed by atoms with Crippen molar-refractivity contribution in [2.75, 3.05) is 26.4 Å². The lowest BCUT2D eigenvalue weighted by Gasteiger charge is -2.20. The summed E-state index contributed by atoms with van der Waals surface area (Å²) >= 11 is 0. The summed E-state index contributed by atoms with van der Waals surface area (Å²) in [4.78, 5) is 35.0. The molecule has 0 amide bonds. The Balaban J connectivity index is 4.21. The standard InChI is InChI=1S/C44H87O10P/c1-3-5-7-9-11-13-15-17-19-20-22-24-26-28-30-32-34-36-44(48)54-42(40-53-55(49,50)52-38-41(46)37-45)39-51-43(47)35-33-31-29-27-25-23-21-18-16-14-12-10-8-6-4-2/h41-42,45-46H,3-40H2,1-2H3,(H,49,50). The van der Waals surface area contributed by atoms with Gasteiger partial charge in [-0.15, -0.1) is 0 Å². The number of carbonyl (C=O) groups excluding carboxylic acids is 2. The fourth-order valence-electron chi connectivity index (χ4n) is 6.70. The number of carbonyl (C=O) groups is 2. The Morgan fingerprint density at radius 2 is 0.782 bits per heavy atom. The Labute approximate surface area is 337 Å². The molecule has 328 valence electrons. The fourth-order valence-corrected chi connectivity index (χ4v) is 7.49. The highest BCUT2D eigenvalue weighted by molar-refractivity contribution is 7.47. The first-order valence-corrected chi connectivity index (χ1v) is 24.5. The van der Waals surface area contributed by atoms with Crippen molar-refractivity contribution in [1.82, 2.24) is 0 Å². The maximum absolute atomic E-state index is 12.6. The topological polar surface area (TPSA) is 149 Å². The number of aliphatic hydroxyl groups excluding tert-OH is 2. The van der Waals surface area contributed by atoms with E-state index >= 15 is 0 Å². The number of ether oxygens (including phenoxy) is 2. The van der Waals surface area contributed by atoms with Crippen molar-refractivity contribution >= 4 is 19.8 Å². The van der Waals surface area contributed by atoms with Gasteiger partial charge in [0.1, 0.15) is 12.7 Å². The van der Waals surface area contributed by atoms with E-state index in [1.165, 1.54) is 161 Å². The molecule has 0 heterocycles. The van der Waals surface area contributed by atoms with Crippen LogP contribution in [0, 0.1) is 0 Å². The fraction of sp³-hybridized carbons (Fsp3) is 0.955. The van der Waals surface area contributed by atoms with Gasteiger partial charge < -0.3 is 24.6 Å². The van der Waals surface area contributed by atoms with Gasteiger partial charge in [0.2, 0.25) is 0 Å². The second-order valence-corrected chi connectivity index (χ2v) is 17.3. The van der Waals surface area contributed by atoms with E-state index in [1.54, 1.807) is 0 Å². The van der Waals surface area contributed by atoms with Gasteiger partial charge in [-0.2, -0.15) is 0 Å². The van der Waals surface area contributed by atoms with Crippen molar-refractivity contribution in [3.8, 4) is 0 Å². The van der Waals surface area contributed by atoms with Crippen molar-refractivity contribution < 1.29 is 47.8 Å². The molecule has 11 heteroatoms. The van der Waals surface area contributed by atoms with Crippen LogP contribution in [-0.2, 0) is 32.7 Å². The molecule has 3 atom stereocenters. The van der Waals surface area contributed by atoms with E-state index in [9.17, 15) is 24.2 Å². The molecule has 10 nitrogen and oxygen atoms in total. The Hall–Kier alpha value is -1.03. The van der Waals surface area contributed by atoms with Gasteiger partial charge in [0, 0.05) is 12.8 Å². The third-order valence-corrected chi connectivity index (χ3v) is 11.2. The van der Waals surface area contributed by atoms with Crippen molar-refractivity contribution in [3.63, 3.8) is 0 Å². The highest BCUT2D eigenvalue weighted by Crippen LogP contribution is 2.43. The summed E-state index contributed by atoms with van der Waals surface area (Å²) in [6.07, 6.45) is 37.8. The lowest BCUT2D eigenvalue weighted by atomic mass is 10.0. The molecule has 0 aromatic rings. The van der Waals surface area contributed by atoms with Crippen LogP contribution in [0.3, 0.4) is 0 Å². The van der Waals surface area contributed by atoms with Crippen molar-refractivity contribution in [3.05, 3.63) is 0 Å². The second-order valence-electron chi connectivity index (χ2n) is 15.8. The third kappa shape index (κ3) is 40.9. The summed E-state index contributed by atoms with van der Waals surface area (Å²) in [7, 11) is -4.61. The Bertz CT molecular complexity index is 889. The first kappa shape index (κ1) is 54.0. The highest BCUT2D eigenvalue weighted by atomic mass is 31.2. The highest BCUT2D eigenvalue weighted by Gasteiger charge is 2.27. The molecule has 0 fully saturated rings. The molecule has 0 bridgehead atoms. The number of unbranched alkanes of at least 4 members (excludes halogenated alkanes) is 30. The number of hydrogen-bond donors (Lipinski definition) is 3. The van der Waals surface area contributed by atoms with Gasteiger partial charge in [0.15, 0.2) is 6.10 Å². The van der Waals surface area contributed by atoms with E-state index in [2.05, 4.69) is 13.8 Å². The largest absolute Gasteiger partial charge is 0.472 e. The van der Waals surface area contributed by atoms with Gasteiger partial charge in [-0.1, -0.05) is 206 Å². The number of hydrogen-bond acceptors (Lipinski definition) is 9. The number of esters is 2. The summed E-state index contributed by atoms with van der Waals surface area (Å²) in [6.45, 7) is 2.43. The van der Waals surface area contributed by atoms with Crippen LogP contribution >= 0.6 is 7.82 Å². The maximum atomic E-state index is 12.6. The molecule has 55 heavy (non-hydrogen) atoms. The van der Waals surface area contributed by atoms with Gasteiger partial charge in [-0.3, -0.25) is 18.6 Å². The van der Waals surface area contributed by atoms with Crippen LogP contribution in [0.1, 0.15) is 232 Å². The zero-order valence-electron chi connectivity index (χ0n) is 35.7. The van der Waals surface area contributed by atoms with Crippen LogP contribution in [-0.4, -0.2) is 65.7 Å². The van der Waals surface area contributed by atoms with Crippen LogP contribution < -0.4 is 0 Å². The van der Waals surface area contributed by atoms with Crippen molar-refractivity contribution in [2.45, 2.75) is 244 Å². The summed E-state index contributed by atoms with van der Waals surface area (Å²) in [5.41, 5.74) is 0. The minimum atomic E-state index is -4.61. The quantitative estimate of drug-likeness (QED) is 0.0308. The van der Waals surface area contributed by atoms with E-state index in [-0.39, 0.29) is 19.4 Å². The average Bonchev–Trinajstić information content (AvgIpc) is 3.17. The predicted molar refractivity (Wildman–Crippen MR) is 224 cm³/mol. The molecule has 0 aromatic heterocycles. The average molecular weight is 807 g/mol. The third-order valence-electron chi connectivity index (χ3n) is 10.3. The smallest absolute Gasteiger partial charge is 0.462 e. The Morgan fingerprint density at radius 3 is 1.13 bits per heavy atom. The SMILES string of the molecule is CCCCCCCCCCCCCCCCCCCC(=O)OC(COC(=O)CCCCCCCCCCCCCCCCC)COP(=O)(O)OCC(O)CO. The van der Waals surface area contributed by atoms with Gasteiger partial charge in [-0.25, -0.2) is 4.57 Å². The van der Waals surface area contributed by atoms with Crippen LogP contribution in [0.15, 0.2) is 0 Å². The predicted octanol–water partition coefficient (Wildman–Crippen LogP) is 12.2.